The third-order valence-corrected chi connectivity index (χ3v) is 4.90. The minimum absolute atomic E-state index is 0.0326. The summed E-state index contributed by atoms with van der Waals surface area (Å²) in [5.41, 5.74) is 0. The molecule has 7 heteroatoms. The second kappa shape index (κ2) is 5.69. The van der Waals surface area contributed by atoms with Gasteiger partial charge in [0.25, 0.3) is 0 Å². The second-order valence-electron chi connectivity index (χ2n) is 4.76. The Balaban J connectivity index is 1.87. The zero-order valence-corrected chi connectivity index (χ0v) is 10.9. The normalized spacial score (nSPS) is 32.2. The molecule has 1 atom stereocenters. The van der Waals surface area contributed by atoms with Gasteiger partial charge in [-0.3, -0.25) is 4.21 Å². The Labute approximate surface area is 108 Å². The number of aliphatic carboxylic acids is 1. The highest BCUT2D eigenvalue weighted by molar-refractivity contribution is 7.85. The number of likely N-dealkylation sites (tertiary alicyclic amines) is 1. The van der Waals surface area contributed by atoms with E-state index in [1.54, 1.807) is 0 Å². The Morgan fingerprint density at radius 3 is 2.50 bits per heavy atom. The molecule has 2 saturated heterocycles. The average molecular weight is 274 g/mol. The van der Waals surface area contributed by atoms with Gasteiger partial charge in [0.05, 0.1) is 0 Å². The van der Waals surface area contributed by atoms with Crippen molar-refractivity contribution >= 4 is 22.8 Å². The number of urea groups is 1. The largest absolute Gasteiger partial charge is 0.480 e. The van der Waals surface area contributed by atoms with Crippen LogP contribution in [0.25, 0.3) is 0 Å². The smallest absolute Gasteiger partial charge is 0.326 e. The molecular weight excluding hydrogens is 256 g/mol. The van der Waals surface area contributed by atoms with Gasteiger partial charge in [-0.2, -0.15) is 0 Å². The molecule has 2 N–H and O–H groups in total. The topological polar surface area (TPSA) is 86.7 Å². The molecule has 0 aromatic carbocycles. The fourth-order valence-corrected chi connectivity index (χ4v) is 3.76. The van der Waals surface area contributed by atoms with E-state index in [0.29, 0.717) is 37.3 Å². The van der Waals surface area contributed by atoms with Crippen molar-refractivity contribution in [1.29, 1.82) is 0 Å². The minimum atomic E-state index is -0.938. The van der Waals surface area contributed by atoms with Crippen LogP contribution in [0.4, 0.5) is 4.79 Å². The molecule has 2 aliphatic heterocycles. The molecule has 0 aromatic heterocycles. The predicted octanol–water partition coefficient (Wildman–Crippen LogP) is 0.156. The van der Waals surface area contributed by atoms with Gasteiger partial charge < -0.3 is 15.3 Å². The summed E-state index contributed by atoms with van der Waals surface area (Å²) in [6.07, 6.45) is 2.68. The monoisotopic (exact) mass is 274 g/mol. The lowest BCUT2D eigenvalue weighted by atomic mass is 10.1. The number of carboxylic acids is 1. The van der Waals surface area contributed by atoms with Gasteiger partial charge in [-0.15, -0.1) is 0 Å². The summed E-state index contributed by atoms with van der Waals surface area (Å²) in [5, 5.41) is 11.9. The third-order valence-electron chi connectivity index (χ3n) is 3.51. The van der Waals surface area contributed by atoms with Gasteiger partial charge in [-0.25, -0.2) is 9.59 Å². The van der Waals surface area contributed by atoms with E-state index < -0.39 is 22.8 Å². The fourth-order valence-electron chi connectivity index (χ4n) is 2.46. The maximum atomic E-state index is 12.0. The number of rotatable bonds is 2. The molecule has 0 saturated carbocycles. The second-order valence-corrected chi connectivity index (χ2v) is 6.46. The molecule has 0 radical (unpaired) electrons. The summed E-state index contributed by atoms with van der Waals surface area (Å²) in [7, 11) is -0.751. The van der Waals surface area contributed by atoms with E-state index >= 15 is 0 Å². The summed E-state index contributed by atoms with van der Waals surface area (Å²) < 4.78 is 11.2. The van der Waals surface area contributed by atoms with Crippen LogP contribution < -0.4 is 5.32 Å². The Kier molecular flexibility index (Phi) is 4.21. The highest BCUT2D eigenvalue weighted by atomic mass is 32.2. The molecule has 2 aliphatic rings. The lowest BCUT2D eigenvalue weighted by Gasteiger charge is -2.27. The zero-order chi connectivity index (χ0) is 13.1. The van der Waals surface area contributed by atoms with Crippen molar-refractivity contribution < 1.29 is 18.9 Å². The van der Waals surface area contributed by atoms with Gasteiger partial charge in [-0.1, -0.05) is 0 Å². The van der Waals surface area contributed by atoms with Crippen molar-refractivity contribution in [2.75, 3.05) is 18.1 Å². The van der Waals surface area contributed by atoms with E-state index in [4.69, 9.17) is 5.11 Å². The third kappa shape index (κ3) is 3.01. The van der Waals surface area contributed by atoms with Crippen molar-refractivity contribution in [2.45, 2.75) is 37.8 Å². The van der Waals surface area contributed by atoms with E-state index in [2.05, 4.69) is 5.32 Å². The van der Waals surface area contributed by atoms with Gasteiger partial charge >= 0.3 is 12.0 Å². The quantitative estimate of drug-likeness (QED) is 0.751. The lowest BCUT2D eigenvalue weighted by Crippen LogP contribution is -2.50. The summed E-state index contributed by atoms with van der Waals surface area (Å²) in [5.74, 6) is 0.299. The summed E-state index contributed by atoms with van der Waals surface area (Å²) in [6, 6.07) is -0.953. The van der Waals surface area contributed by atoms with E-state index in [-0.39, 0.29) is 12.1 Å². The van der Waals surface area contributed by atoms with Gasteiger partial charge in [0.15, 0.2) is 0 Å². The molecule has 0 spiro atoms. The number of nitrogens with zero attached hydrogens (tertiary/aromatic N) is 1. The summed E-state index contributed by atoms with van der Waals surface area (Å²) in [6.45, 7) is 0.501. The Hall–Kier alpha value is -1.11. The first-order valence-corrected chi connectivity index (χ1v) is 7.71. The standard InChI is InChI=1S/C11H18N2O4S/c14-10(15)9-2-1-5-13(9)11(16)12-8-3-6-18(17)7-4-8/h8-9H,1-7H2,(H,12,16)(H,14,15)/t8?,9-,18?/m1/s1. The van der Waals surface area contributed by atoms with Gasteiger partial charge in [0.2, 0.25) is 0 Å². The highest BCUT2D eigenvalue weighted by Gasteiger charge is 2.34. The van der Waals surface area contributed by atoms with Crippen LogP contribution in [0.15, 0.2) is 0 Å². The molecule has 2 fully saturated rings. The van der Waals surface area contributed by atoms with Crippen LogP contribution in [0.3, 0.4) is 0 Å². The Morgan fingerprint density at radius 2 is 1.89 bits per heavy atom. The maximum absolute atomic E-state index is 12.0. The van der Waals surface area contributed by atoms with E-state index in [1.165, 1.54) is 4.90 Å². The van der Waals surface area contributed by atoms with E-state index in [0.717, 1.165) is 6.42 Å². The highest BCUT2D eigenvalue weighted by Crippen LogP contribution is 2.18. The molecule has 6 nitrogen and oxygen atoms in total. The predicted molar refractivity (Wildman–Crippen MR) is 66.8 cm³/mol. The molecule has 0 aromatic rings. The van der Waals surface area contributed by atoms with Crippen LogP contribution >= 0.6 is 0 Å². The molecule has 2 amide bonds. The number of nitrogens with one attached hydrogen (secondary N) is 1. The molecule has 18 heavy (non-hydrogen) atoms. The molecule has 2 heterocycles. The van der Waals surface area contributed by atoms with Crippen molar-refractivity contribution in [1.82, 2.24) is 10.2 Å². The molecule has 0 unspecified atom stereocenters. The Morgan fingerprint density at radius 1 is 1.22 bits per heavy atom. The van der Waals surface area contributed by atoms with Crippen LogP contribution in [0.1, 0.15) is 25.7 Å². The minimum Gasteiger partial charge on any atom is -0.480 e. The summed E-state index contributed by atoms with van der Waals surface area (Å²) >= 11 is 0. The number of carbonyl (C=O) groups is 2. The van der Waals surface area contributed by atoms with Crippen LogP contribution in [0, 0.1) is 0 Å². The van der Waals surface area contributed by atoms with Crippen LogP contribution in [-0.2, 0) is 15.6 Å². The van der Waals surface area contributed by atoms with Crippen LogP contribution in [0.5, 0.6) is 0 Å². The molecular formula is C11H18N2O4S. The summed E-state index contributed by atoms with van der Waals surface area (Å²) in [4.78, 5) is 24.4. The number of amides is 2. The number of carboxylic acid groups (broad SMARTS) is 1. The number of hydrogen-bond donors (Lipinski definition) is 2. The van der Waals surface area contributed by atoms with Crippen molar-refractivity contribution in [2.24, 2.45) is 0 Å². The first-order chi connectivity index (χ1) is 8.58. The van der Waals surface area contributed by atoms with Crippen molar-refractivity contribution in [3.8, 4) is 0 Å². The van der Waals surface area contributed by atoms with Gasteiger partial charge in [0, 0.05) is 34.9 Å². The Bertz CT molecular complexity index is 364. The average Bonchev–Trinajstić information content (AvgIpc) is 2.81. The fraction of sp³-hybridized carbons (Fsp3) is 0.818. The first kappa shape index (κ1) is 13.3. The lowest BCUT2D eigenvalue weighted by molar-refractivity contribution is -0.141. The van der Waals surface area contributed by atoms with E-state index in [1.807, 2.05) is 0 Å². The number of carbonyl (C=O) groups excluding carboxylic acids is 1. The zero-order valence-electron chi connectivity index (χ0n) is 10.1. The van der Waals surface area contributed by atoms with Gasteiger partial charge in [-0.05, 0) is 25.7 Å². The van der Waals surface area contributed by atoms with Crippen molar-refractivity contribution in [3.05, 3.63) is 0 Å². The molecule has 102 valence electrons. The van der Waals surface area contributed by atoms with Gasteiger partial charge in [0.1, 0.15) is 6.04 Å². The maximum Gasteiger partial charge on any atom is 0.326 e. The SMILES string of the molecule is O=C(O)[C@H]1CCCN1C(=O)NC1CCS(=O)CC1. The van der Waals surface area contributed by atoms with E-state index in [9.17, 15) is 13.8 Å². The van der Waals surface area contributed by atoms with Crippen LogP contribution in [-0.4, -0.2) is 56.3 Å². The first-order valence-electron chi connectivity index (χ1n) is 6.23. The number of hydrogen-bond acceptors (Lipinski definition) is 3. The molecule has 0 bridgehead atoms. The van der Waals surface area contributed by atoms with Crippen LogP contribution in [0.2, 0.25) is 0 Å². The molecule has 2 rings (SSSR count). The molecule has 0 aliphatic carbocycles. The van der Waals surface area contributed by atoms with Crippen molar-refractivity contribution in [3.63, 3.8) is 0 Å².